The molecule has 1 aliphatic rings. The lowest BCUT2D eigenvalue weighted by Gasteiger charge is -2.31. The highest BCUT2D eigenvalue weighted by Gasteiger charge is 2.18. The number of amides is 2. The van der Waals surface area contributed by atoms with Crippen LogP contribution >= 0.6 is 0 Å². The maximum absolute atomic E-state index is 12.5. The van der Waals surface area contributed by atoms with E-state index in [0.29, 0.717) is 29.4 Å². The van der Waals surface area contributed by atoms with Gasteiger partial charge >= 0.3 is 0 Å². The third-order valence-electron chi connectivity index (χ3n) is 5.74. The Hall–Kier alpha value is -3.49. The molecule has 0 unspecified atom stereocenters. The van der Waals surface area contributed by atoms with Gasteiger partial charge in [0, 0.05) is 31.4 Å². The molecule has 0 atom stereocenters. The first-order chi connectivity index (χ1) is 15.9. The number of pyridine rings is 1. The van der Waals surface area contributed by atoms with Gasteiger partial charge in [-0.25, -0.2) is 4.98 Å². The molecule has 33 heavy (non-hydrogen) atoms. The zero-order chi connectivity index (χ0) is 23.8. The molecule has 1 saturated heterocycles. The average molecular weight is 457 g/mol. The van der Waals surface area contributed by atoms with E-state index in [0.717, 1.165) is 30.4 Å². The highest BCUT2D eigenvalue weighted by molar-refractivity contribution is 5.97. The number of anilines is 1. The molecule has 2 aromatic rings. The van der Waals surface area contributed by atoms with Crippen molar-refractivity contribution in [2.45, 2.75) is 26.3 Å². The van der Waals surface area contributed by atoms with Crippen LogP contribution in [0, 0.1) is 5.92 Å². The Kier molecular flexibility index (Phi) is 8.34. The molecule has 2 amide bonds. The summed E-state index contributed by atoms with van der Waals surface area (Å²) >= 11 is 0. The number of aromatic nitrogens is 1. The second-order valence-corrected chi connectivity index (χ2v) is 8.07. The smallest absolute Gasteiger partial charge is 0.251 e. The van der Waals surface area contributed by atoms with Crippen LogP contribution in [-0.2, 0) is 11.3 Å². The van der Waals surface area contributed by atoms with Gasteiger partial charge in [0.2, 0.25) is 11.7 Å². The highest BCUT2D eigenvalue weighted by Crippen LogP contribution is 2.38. The molecule has 0 saturated carbocycles. The van der Waals surface area contributed by atoms with Crippen LogP contribution in [0.1, 0.15) is 35.7 Å². The van der Waals surface area contributed by atoms with E-state index in [4.69, 9.17) is 14.2 Å². The number of nitrogens with one attached hydrogen (secondary N) is 2. The topological polar surface area (TPSA) is 102 Å². The zero-order valence-electron chi connectivity index (χ0n) is 19.6. The van der Waals surface area contributed by atoms with E-state index >= 15 is 0 Å². The number of carbonyl (C=O) groups excluding carboxylic acids is 2. The van der Waals surface area contributed by atoms with E-state index in [1.165, 1.54) is 46.3 Å². The molecule has 1 aromatic carbocycles. The maximum Gasteiger partial charge on any atom is 0.251 e. The summed E-state index contributed by atoms with van der Waals surface area (Å²) in [4.78, 5) is 31.6. The van der Waals surface area contributed by atoms with Gasteiger partial charge < -0.3 is 29.7 Å². The zero-order valence-corrected chi connectivity index (χ0v) is 19.6. The number of carbonyl (C=O) groups is 2. The average Bonchev–Trinajstić information content (AvgIpc) is 2.85. The van der Waals surface area contributed by atoms with Crippen molar-refractivity contribution in [2.75, 3.05) is 45.9 Å². The number of piperidine rings is 1. The Morgan fingerprint density at radius 1 is 1.03 bits per heavy atom. The molecule has 2 N–H and O–H groups in total. The Bertz CT molecular complexity index is 931. The fourth-order valence-corrected chi connectivity index (χ4v) is 3.68. The fourth-order valence-electron chi connectivity index (χ4n) is 3.68. The number of methoxy groups -OCH3 is 3. The molecule has 0 radical (unpaired) electrons. The van der Waals surface area contributed by atoms with Crippen LogP contribution in [0.4, 0.5) is 5.82 Å². The molecular formula is C24H32N4O5. The molecule has 0 spiro atoms. The van der Waals surface area contributed by atoms with Crippen molar-refractivity contribution in [1.29, 1.82) is 0 Å². The lowest BCUT2D eigenvalue weighted by Crippen LogP contribution is -2.36. The summed E-state index contributed by atoms with van der Waals surface area (Å²) in [7, 11) is 4.43. The second kappa shape index (κ2) is 11.4. The summed E-state index contributed by atoms with van der Waals surface area (Å²) < 4.78 is 15.8. The molecule has 1 aromatic heterocycles. The summed E-state index contributed by atoms with van der Waals surface area (Å²) in [6.45, 7) is 4.51. The third-order valence-corrected chi connectivity index (χ3v) is 5.74. The first-order valence-electron chi connectivity index (χ1n) is 11.0. The molecule has 3 rings (SSSR count). The normalized spacial score (nSPS) is 13.9. The predicted molar refractivity (Wildman–Crippen MR) is 125 cm³/mol. The molecule has 9 heteroatoms. The van der Waals surface area contributed by atoms with Crippen LogP contribution in [0.15, 0.2) is 30.5 Å². The van der Waals surface area contributed by atoms with Crippen molar-refractivity contribution >= 4 is 17.6 Å². The summed E-state index contributed by atoms with van der Waals surface area (Å²) in [5.74, 6) is 2.13. The minimum atomic E-state index is -0.425. The van der Waals surface area contributed by atoms with Gasteiger partial charge in [-0.15, -0.1) is 0 Å². The summed E-state index contributed by atoms with van der Waals surface area (Å²) in [6.07, 6.45) is 4.14. The molecule has 0 aliphatic carbocycles. The number of ether oxygens (including phenoxy) is 3. The van der Waals surface area contributed by atoms with Crippen molar-refractivity contribution in [2.24, 2.45) is 5.92 Å². The molecule has 0 bridgehead atoms. The van der Waals surface area contributed by atoms with Gasteiger partial charge in [-0.05, 0) is 42.5 Å². The van der Waals surface area contributed by atoms with Crippen molar-refractivity contribution < 1.29 is 23.8 Å². The van der Waals surface area contributed by atoms with Gasteiger partial charge in [0.1, 0.15) is 5.82 Å². The standard InChI is InChI=1S/C24H32N4O5/c1-16-7-9-28(10-8-16)21-6-5-17(13-25-21)14-26-22(29)15-27-24(30)18-11-19(31-2)23(33-4)20(12-18)32-3/h5-6,11-13,16H,7-10,14-15H2,1-4H3,(H,26,29)(H,27,30). The van der Waals surface area contributed by atoms with Crippen LogP contribution in [-0.4, -0.2) is 57.8 Å². The van der Waals surface area contributed by atoms with Gasteiger partial charge in [-0.3, -0.25) is 9.59 Å². The molecule has 9 nitrogen and oxygen atoms in total. The number of hydrogen-bond donors (Lipinski definition) is 2. The van der Waals surface area contributed by atoms with E-state index in [1.807, 2.05) is 12.1 Å². The quantitative estimate of drug-likeness (QED) is 0.597. The molecule has 2 heterocycles. The van der Waals surface area contributed by atoms with Crippen molar-refractivity contribution in [3.63, 3.8) is 0 Å². The Labute approximate surface area is 194 Å². The minimum Gasteiger partial charge on any atom is -0.493 e. The van der Waals surface area contributed by atoms with Crippen molar-refractivity contribution in [3.05, 3.63) is 41.6 Å². The summed E-state index contributed by atoms with van der Waals surface area (Å²) in [6, 6.07) is 7.02. The van der Waals surface area contributed by atoms with Gasteiger partial charge in [0.05, 0.1) is 27.9 Å². The van der Waals surface area contributed by atoms with Crippen molar-refractivity contribution in [3.8, 4) is 17.2 Å². The second-order valence-electron chi connectivity index (χ2n) is 8.07. The third kappa shape index (κ3) is 6.27. The molecule has 1 fully saturated rings. The highest BCUT2D eigenvalue weighted by atomic mass is 16.5. The van der Waals surface area contributed by atoms with Gasteiger partial charge in [0.25, 0.3) is 5.91 Å². The van der Waals surface area contributed by atoms with Crippen LogP contribution in [0.2, 0.25) is 0 Å². The Balaban J connectivity index is 1.49. The van der Waals surface area contributed by atoms with E-state index in [9.17, 15) is 9.59 Å². The van der Waals surface area contributed by atoms with E-state index < -0.39 is 5.91 Å². The maximum atomic E-state index is 12.5. The van der Waals surface area contributed by atoms with E-state index in [-0.39, 0.29) is 12.5 Å². The Morgan fingerprint density at radius 3 is 2.24 bits per heavy atom. The number of nitrogens with zero attached hydrogens (tertiary/aromatic N) is 2. The van der Waals surface area contributed by atoms with E-state index in [2.05, 4.69) is 27.4 Å². The van der Waals surface area contributed by atoms with Gasteiger partial charge in [-0.1, -0.05) is 13.0 Å². The first-order valence-corrected chi connectivity index (χ1v) is 11.0. The fraction of sp³-hybridized carbons (Fsp3) is 0.458. The summed E-state index contributed by atoms with van der Waals surface area (Å²) in [5, 5.41) is 5.40. The van der Waals surface area contributed by atoms with Crippen molar-refractivity contribution in [1.82, 2.24) is 15.6 Å². The lowest BCUT2D eigenvalue weighted by atomic mass is 9.99. The van der Waals surface area contributed by atoms with Gasteiger partial charge in [-0.2, -0.15) is 0 Å². The largest absolute Gasteiger partial charge is 0.493 e. The van der Waals surface area contributed by atoms with Crippen LogP contribution < -0.4 is 29.7 Å². The number of rotatable bonds is 9. The summed E-state index contributed by atoms with van der Waals surface area (Å²) in [5.41, 5.74) is 1.19. The SMILES string of the molecule is COc1cc(C(=O)NCC(=O)NCc2ccc(N3CCC(C)CC3)nc2)cc(OC)c1OC. The lowest BCUT2D eigenvalue weighted by molar-refractivity contribution is -0.120. The molecule has 1 aliphatic heterocycles. The Morgan fingerprint density at radius 2 is 1.70 bits per heavy atom. The van der Waals surface area contributed by atoms with Crippen LogP contribution in [0.3, 0.4) is 0 Å². The van der Waals surface area contributed by atoms with Crippen LogP contribution in [0.25, 0.3) is 0 Å². The number of hydrogen-bond acceptors (Lipinski definition) is 7. The minimum absolute atomic E-state index is 0.160. The van der Waals surface area contributed by atoms with Crippen LogP contribution in [0.5, 0.6) is 17.2 Å². The van der Waals surface area contributed by atoms with Gasteiger partial charge in [0.15, 0.2) is 11.5 Å². The predicted octanol–water partition coefficient (Wildman–Crippen LogP) is 2.39. The number of benzene rings is 1. The van der Waals surface area contributed by atoms with E-state index in [1.54, 1.807) is 6.20 Å². The monoisotopic (exact) mass is 456 g/mol. The molecular weight excluding hydrogens is 424 g/mol. The first kappa shape index (κ1) is 24.2. The molecule has 178 valence electrons.